The van der Waals surface area contributed by atoms with Crippen LogP contribution in [0.25, 0.3) is 5.65 Å². The molecule has 0 aliphatic rings. The number of imidazole rings is 1. The van der Waals surface area contributed by atoms with E-state index in [1.807, 2.05) is 0 Å². The van der Waals surface area contributed by atoms with E-state index in [0.29, 0.717) is 5.65 Å². The molecule has 0 saturated carbocycles. The first-order valence-corrected chi connectivity index (χ1v) is 7.69. The van der Waals surface area contributed by atoms with Gasteiger partial charge in [0, 0.05) is 19.4 Å². The highest BCUT2D eigenvalue weighted by Crippen LogP contribution is 2.24. The van der Waals surface area contributed by atoms with Crippen molar-refractivity contribution in [3.05, 3.63) is 48.8 Å². The van der Waals surface area contributed by atoms with Gasteiger partial charge in [0.05, 0.1) is 0 Å². The van der Waals surface area contributed by atoms with Gasteiger partial charge in [-0.1, -0.05) is 12.1 Å². The fourth-order valence-corrected chi connectivity index (χ4v) is 3.31. The molecule has 0 amide bonds. The zero-order chi connectivity index (χ0) is 14.9. The predicted octanol–water partition coefficient (Wildman–Crippen LogP) is 1.57. The number of anilines is 2. The molecular formula is C13H13N5O2S. The number of rotatable bonds is 4. The van der Waals surface area contributed by atoms with Crippen LogP contribution in [0.15, 0.2) is 53.8 Å². The molecule has 0 fully saturated rings. The van der Waals surface area contributed by atoms with Crippen LogP contribution < -0.4 is 10.0 Å². The zero-order valence-corrected chi connectivity index (χ0v) is 12.0. The van der Waals surface area contributed by atoms with Crippen LogP contribution in [0.2, 0.25) is 0 Å². The van der Waals surface area contributed by atoms with E-state index in [1.165, 1.54) is 10.6 Å². The Hall–Kier alpha value is -2.61. The average Bonchev–Trinajstić information content (AvgIpc) is 2.87. The van der Waals surface area contributed by atoms with Crippen LogP contribution >= 0.6 is 0 Å². The van der Waals surface area contributed by atoms with Gasteiger partial charge in [-0.25, -0.2) is 9.97 Å². The summed E-state index contributed by atoms with van der Waals surface area (Å²) < 4.78 is 29.2. The minimum absolute atomic E-state index is 0.0475. The van der Waals surface area contributed by atoms with Crippen molar-refractivity contribution < 1.29 is 8.42 Å². The van der Waals surface area contributed by atoms with E-state index in [9.17, 15) is 8.42 Å². The summed E-state index contributed by atoms with van der Waals surface area (Å²) in [5.41, 5.74) is 0.545. The fourth-order valence-electron chi connectivity index (χ4n) is 2.00. The maximum atomic E-state index is 12.6. The number of pyridine rings is 2. The Labute approximate surface area is 121 Å². The standard InChI is InChI=1S/C13H13N5O2S/c1-14-12-13(18-9-5-3-7-11(18)16-12)21(19,20)17-10-6-2-4-8-15-10/h2-9,14H,1H3,(H,15,17). The number of sulfonamides is 1. The summed E-state index contributed by atoms with van der Waals surface area (Å²) in [6.45, 7) is 0. The summed E-state index contributed by atoms with van der Waals surface area (Å²) in [7, 11) is -2.19. The van der Waals surface area contributed by atoms with Crippen LogP contribution in [0.1, 0.15) is 0 Å². The number of nitrogens with one attached hydrogen (secondary N) is 2. The lowest BCUT2D eigenvalue weighted by Gasteiger charge is -2.08. The monoisotopic (exact) mass is 303 g/mol. The summed E-state index contributed by atoms with van der Waals surface area (Å²) in [6.07, 6.45) is 3.17. The third-order valence-electron chi connectivity index (χ3n) is 2.88. The van der Waals surface area contributed by atoms with Gasteiger partial charge in [0.1, 0.15) is 11.5 Å². The average molecular weight is 303 g/mol. The Kier molecular flexibility index (Phi) is 3.22. The molecule has 21 heavy (non-hydrogen) atoms. The summed E-state index contributed by atoms with van der Waals surface area (Å²) in [4.78, 5) is 8.22. The second-order valence-electron chi connectivity index (χ2n) is 4.26. The van der Waals surface area contributed by atoms with Crippen molar-refractivity contribution in [3.8, 4) is 0 Å². The molecule has 0 aliphatic carbocycles. The second kappa shape index (κ2) is 5.06. The van der Waals surface area contributed by atoms with Crippen LogP contribution in [-0.4, -0.2) is 29.8 Å². The van der Waals surface area contributed by atoms with Gasteiger partial charge in [-0.15, -0.1) is 0 Å². The van der Waals surface area contributed by atoms with E-state index in [1.54, 1.807) is 49.6 Å². The lowest BCUT2D eigenvalue weighted by atomic mass is 10.5. The Morgan fingerprint density at radius 3 is 2.67 bits per heavy atom. The van der Waals surface area contributed by atoms with E-state index in [2.05, 4.69) is 20.0 Å². The van der Waals surface area contributed by atoms with Crippen molar-refractivity contribution in [2.75, 3.05) is 17.1 Å². The number of hydrogen-bond acceptors (Lipinski definition) is 5. The maximum Gasteiger partial charge on any atom is 0.282 e. The molecule has 3 rings (SSSR count). The molecule has 0 radical (unpaired) electrons. The molecule has 0 unspecified atom stereocenters. The largest absolute Gasteiger partial charge is 0.371 e. The van der Waals surface area contributed by atoms with Gasteiger partial charge in [0.25, 0.3) is 10.0 Å². The van der Waals surface area contributed by atoms with E-state index >= 15 is 0 Å². The quantitative estimate of drug-likeness (QED) is 0.764. The van der Waals surface area contributed by atoms with Crippen molar-refractivity contribution >= 4 is 27.3 Å². The highest BCUT2D eigenvalue weighted by atomic mass is 32.2. The summed E-state index contributed by atoms with van der Waals surface area (Å²) >= 11 is 0. The lowest BCUT2D eigenvalue weighted by molar-refractivity contribution is 0.596. The Morgan fingerprint density at radius 1 is 1.14 bits per heavy atom. The third kappa shape index (κ3) is 2.40. The lowest BCUT2D eigenvalue weighted by Crippen LogP contribution is -2.17. The van der Waals surface area contributed by atoms with Gasteiger partial charge >= 0.3 is 0 Å². The van der Waals surface area contributed by atoms with Crippen LogP contribution in [-0.2, 0) is 10.0 Å². The molecule has 0 saturated heterocycles. The van der Waals surface area contributed by atoms with Crippen LogP contribution in [0.3, 0.4) is 0 Å². The van der Waals surface area contributed by atoms with Gasteiger partial charge in [-0.05, 0) is 24.3 Å². The SMILES string of the molecule is CNc1nc2ccccn2c1S(=O)(=O)Nc1ccccn1. The number of nitrogens with zero attached hydrogens (tertiary/aromatic N) is 3. The van der Waals surface area contributed by atoms with Crippen molar-refractivity contribution in [2.45, 2.75) is 5.03 Å². The van der Waals surface area contributed by atoms with Gasteiger partial charge < -0.3 is 5.32 Å². The Morgan fingerprint density at radius 2 is 1.95 bits per heavy atom. The smallest absolute Gasteiger partial charge is 0.282 e. The zero-order valence-electron chi connectivity index (χ0n) is 11.2. The fraction of sp³-hybridized carbons (Fsp3) is 0.0769. The molecule has 3 heterocycles. The number of hydrogen-bond donors (Lipinski definition) is 2. The molecule has 2 N–H and O–H groups in total. The molecule has 3 aromatic rings. The van der Waals surface area contributed by atoms with E-state index in [0.717, 1.165) is 0 Å². The molecule has 7 nitrogen and oxygen atoms in total. The normalized spacial score (nSPS) is 11.5. The molecule has 0 aromatic carbocycles. The molecule has 0 spiro atoms. The topological polar surface area (TPSA) is 88.4 Å². The highest BCUT2D eigenvalue weighted by Gasteiger charge is 2.25. The van der Waals surface area contributed by atoms with Crippen molar-refractivity contribution in [1.29, 1.82) is 0 Å². The summed E-state index contributed by atoms with van der Waals surface area (Å²) in [5, 5.41) is 2.85. The van der Waals surface area contributed by atoms with Crippen LogP contribution in [0.5, 0.6) is 0 Å². The first-order chi connectivity index (χ1) is 10.1. The number of aromatic nitrogens is 3. The van der Waals surface area contributed by atoms with Crippen LogP contribution in [0.4, 0.5) is 11.6 Å². The van der Waals surface area contributed by atoms with Gasteiger partial charge in [0.15, 0.2) is 5.82 Å². The molecule has 0 aliphatic heterocycles. The summed E-state index contributed by atoms with van der Waals surface area (Å²) in [6, 6.07) is 10.3. The van der Waals surface area contributed by atoms with Gasteiger partial charge in [0.2, 0.25) is 5.03 Å². The van der Waals surface area contributed by atoms with Crippen molar-refractivity contribution in [2.24, 2.45) is 0 Å². The second-order valence-corrected chi connectivity index (χ2v) is 5.86. The third-order valence-corrected chi connectivity index (χ3v) is 4.26. The molecule has 3 aromatic heterocycles. The first kappa shape index (κ1) is 13.4. The van der Waals surface area contributed by atoms with E-state index in [-0.39, 0.29) is 16.7 Å². The van der Waals surface area contributed by atoms with Crippen molar-refractivity contribution in [3.63, 3.8) is 0 Å². The molecular weight excluding hydrogens is 290 g/mol. The molecule has 0 bridgehead atoms. The first-order valence-electron chi connectivity index (χ1n) is 6.20. The van der Waals surface area contributed by atoms with Crippen molar-refractivity contribution in [1.82, 2.24) is 14.4 Å². The van der Waals surface area contributed by atoms with Gasteiger partial charge in [-0.2, -0.15) is 8.42 Å². The summed E-state index contributed by atoms with van der Waals surface area (Å²) in [5.74, 6) is 0.537. The minimum atomic E-state index is -3.81. The Balaban J connectivity index is 2.14. The van der Waals surface area contributed by atoms with E-state index in [4.69, 9.17) is 0 Å². The Bertz CT molecular complexity index is 874. The molecule has 0 atom stereocenters. The number of fused-ring (bicyclic) bond motifs is 1. The highest BCUT2D eigenvalue weighted by molar-refractivity contribution is 7.92. The molecule has 8 heteroatoms. The van der Waals surface area contributed by atoms with Crippen LogP contribution in [0, 0.1) is 0 Å². The van der Waals surface area contributed by atoms with E-state index < -0.39 is 10.0 Å². The minimum Gasteiger partial charge on any atom is -0.371 e. The molecule has 108 valence electrons. The van der Waals surface area contributed by atoms with Gasteiger partial charge in [-0.3, -0.25) is 9.12 Å². The predicted molar refractivity (Wildman–Crippen MR) is 79.8 cm³/mol. The maximum absolute atomic E-state index is 12.6.